The van der Waals surface area contributed by atoms with Crippen molar-refractivity contribution in [3.05, 3.63) is 201 Å². The molecule has 4 aromatic carbocycles. The van der Waals surface area contributed by atoms with Gasteiger partial charge in [0.1, 0.15) is 11.1 Å². The van der Waals surface area contributed by atoms with Gasteiger partial charge in [0, 0.05) is 46.2 Å². The highest BCUT2D eigenvalue weighted by atomic mass is 32.2. The Labute approximate surface area is 376 Å². The number of nitrogens with zero attached hydrogens (tertiary/aromatic N) is 3. The summed E-state index contributed by atoms with van der Waals surface area (Å²) in [5.41, 5.74) is 11.7. The van der Waals surface area contributed by atoms with Gasteiger partial charge in [0.15, 0.2) is 11.4 Å². The molecule has 16 nitrogen and oxygen atoms in total. The van der Waals surface area contributed by atoms with E-state index in [4.69, 9.17) is 19.2 Å². The van der Waals surface area contributed by atoms with E-state index < -0.39 is 26.1 Å². The number of benzene rings is 4. The van der Waals surface area contributed by atoms with Gasteiger partial charge in [-0.3, -0.25) is 9.11 Å². The normalized spacial score (nSPS) is 20.9. The first-order valence-electron chi connectivity index (χ1n) is 19.6. The van der Waals surface area contributed by atoms with Crippen molar-refractivity contribution in [2.75, 3.05) is 0 Å². The second-order valence-corrected chi connectivity index (χ2v) is 19.9. The number of allylic oxidation sites excluding steroid dienone is 8. The topological polar surface area (TPSA) is 202 Å². The SMILES string of the molecule is O=S(=O)(O)c1ccc(C2=C3C=CC4=[N+]3C35n6c(ccc6=C(c6ccc(SOOO)cc6)C6=[N+]3C(=C(c3ccc(S(=O)(=O)O)cc3)C3=CC=C2[NH+]35)C=C6)=C4c2ccc(SOOO)cc2)cc1. The number of nitrogens with one attached hydrogen (secondary N) is 1. The van der Waals surface area contributed by atoms with Crippen LogP contribution in [0.1, 0.15) is 22.3 Å². The maximum Gasteiger partial charge on any atom is 0.602 e. The van der Waals surface area contributed by atoms with Crippen molar-refractivity contribution in [3.8, 4) is 0 Å². The van der Waals surface area contributed by atoms with Gasteiger partial charge in [0.05, 0.1) is 55.7 Å². The van der Waals surface area contributed by atoms with Crippen LogP contribution < -0.4 is 15.6 Å². The third-order valence-corrected chi connectivity index (χ3v) is 15.4. The molecule has 0 aliphatic carbocycles. The largest absolute Gasteiger partial charge is 0.602 e. The molecule has 1 aromatic heterocycles. The number of aromatic nitrogens is 1. The van der Waals surface area contributed by atoms with E-state index in [1.54, 1.807) is 24.3 Å². The molecular formula is C45H29N4O12S4+3. The van der Waals surface area contributed by atoms with E-state index in [1.807, 2.05) is 48.5 Å². The van der Waals surface area contributed by atoms with E-state index in [9.17, 15) is 25.9 Å². The first-order chi connectivity index (χ1) is 31.4. The van der Waals surface area contributed by atoms with Crippen molar-refractivity contribution in [2.24, 2.45) is 0 Å². The molecule has 65 heavy (non-hydrogen) atoms. The summed E-state index contributed by atoms with van der Waals surface area (Å²) in [5, 5.41) is 27.1. The summed E-state index contributed by atoms with van der Waals surface area (Å²) in [5.74, 6) is -1.13. The van der Waals surface area contributed by atoms with E-state index >= 15 is 0 Å². The Morgan fingerprint density at radius 1 is 0.508 bits per heavy atom. The molecule has 0 saturated carbocycles. The number of hydrogen-bond donors (Lipinski definition) is 5. The lowest BCUT2D eigenvalue weighted by Gasteiger charge is -2.42. The molecular weight excluding hydrogens is 917 g/mol. The average Bonchev–Trinajstić information content (AvgIpc) is 4.14. The van der Waals surface area contributed by atoms with Crippen LogP contribution in [0.5, 0.6) is 0 Å². The molecule has 12 rings (SSSR count). The predicted molar refractivity (Wildman–Crippen MR) is 233 cm³/mol. The fraction of sp³-hybridized carbons (Fsp3) is 0.0222. The zero-order chi connectivity index (χ0) is 44.6. The van der Waals surface area contributed by atoms with Crippen LogP contribution in [0, 0.1) is 0 Å². The summed E-state index contributed by atoms with van der Waals surface area (Å²) >= 11 is 1.70. The Morgan fingerprint density at radius 2 is 0.877 bits per heavy atom. The molecule has 0 fully saturated rings. The third kappa shape index (κ3) is 5.72. The minimum atomic E-state index is -4.49. The first kappa shape index (κ1) is 40.4. The molecule has 1 spiro atoms. The Morgan fingerprint density at radius 3 is 1.25 bits per heavy atom. The molecule has 0 amide bonds. The highest BCUT2D eigenvalue weighted by Gasteiger charge is 2.80. The van der Waals surface area contributed by atoms with E-state index in [0.29, 0.717) is 20.9 Å². The van der Waals surface area contributed by atoms with Crippen molar-refractivity contribution in [1.82, 2.24) is 4.57 Å². The molecule has 5 N–H and O–H groups in total. The molecule has 7 aliphatic rings. The van der Waals surface area contributed by atoms with Gasteiger partial charge < -0.3 is 0 Å². The molecule has 322 valence electrons. The maximum absolute atomic E-state index is 12.2. The molecule has 0 bridgehead atoms. The van der Waals surface area contributed by atoms with Gasteiger partial charge in [-0.25, -0.2) is 10.5 Å². The van der Waals surface area contributed by atoms with Crippen molar-refractivity contribution in [2.45, 2.75) is 25.5 Å². The molecule has 5 aromatic rings. The predicted octanol–water partition coefficient (Wildman–Crippen LogP) is 4.39. The summed E-state index contributed by atoms with van der Waals surface area (Å²) < 4.78 is 85.3. The summed E-state index contributed by atoms with van der Waals surface area (Å²) in [6.07, 6.45) is 12.4. The summed E-state index contributed by atoms with van der Waals surface area (Å²) in [6.45, 7) is 0. The smallest absolute Gasteiger partial charge is 0.282 e. The monoisotopic (exact) mass is 945 g/mol. The van der Waals surface area contributed by atoms with Crippen LogP contribution in [0.2, 0.25) is 0 Å². The third-order valence-electron chi connectivity index (χ3n) is 12.4. The lowest BCUT2D eigenvalue weighted by atomic mass is 9.90. The van der Waals surface area contributed by atoms with E-state index in [0.717, 1.165) is 107 Å². The quantitative estimate of drug-likeness (QED) is 0.0388. The van der Waals surface area contributed by atoms with Crippen LogP contribution in [-0.2, 0) is 44.9 Å². The molecule has 0 unspecified atom stereocenters. The number of rotatable bonds is 12. The standard InChI is InChI=1S/C45H26N4O12S4/c50-58-60-62-29-9-1-25(2-10-29)41-33-17-18-34-42(26-3-11-30(12-4-26)63-61-59-51)36-20-22-38-44(28-7-15-32(16-8-28)65(55,56)57)40-24-23-39-43(27-5-13-31(14-6-27)64(52,53)54)37-21-19-35(41)47(37)45(46(33)34,48(36)38)49(39)40/h1-24H,(H2-2,50,51,52,53,54,55,56,57)/p+3. The summed E-state index contributed by atoms with van der Waals surface area (Å²) in [4.78, 5) is 1.78. The highest BCUT2D eigenvalue weighted by Crippen LogP contribution is 2.48. The van der Waals surface area contributed by atoms with Crippen molar-refractivity contribution < 1.29 is 69.3 Å². The van der Waals surface area contributed by atoms with Crippen LogP contribution in [0.3, 0.4) is 0 Å². The van der Waals surface area contributed by atoms with E-state index in [-0.39, 0.29) is 9.79 Å². The van der Waals surface area contributed by atoms with Gasteiger partial charge in [0.25, 0.3) is 20.2 Å². The average molecular weight is 946 g/mol. The zero-order valence-corrected chi connectivity index (χ0v) is 36.2. The fourth-order valence-corrected chi connectivity index (χ4v) is 11.8. The maximum atomic E-state index is 12.2. The van der Waals surface area contributed by atoms with Crippen LogP contribution in [0.4, 0.5) is 0 Å². The highest BCUT2D eigenvalue weighted by molar-refractivity contribution is 7.94. The van der Waals surface area contributed by atoms with Crippen LogP contribution in [0.25, 0.3) is 22.3 Å². The lowest BCUT2D eigenvalue weighted by molar-refractivity contribution is -1.13. The molecule has 8 heterocycles. The van der Waals surface area contributed by atoms with Gasteiger partial charge in [-0.05, 0) is 92.1 Å². The summed E-state index contributed by atoms with van der Waals surface area (Å²) in [7, 11) is -8.98. The van der Waals surface area contributed by atoms with Crippen molar-refractivity contribution in [1.29, 1.82) is 0 Å². The van der Waals surface area contributed by atoms with E-state index in [2.05, 4.69) is 72.4 Å². The van der Waals surface area contributed by atoms with E-state index in [1.165, 1.54) is 24.3 Å². The minimum absolute atomic E-state index is 0.243. The second-order valence-electron chi connectivity index (χ2n) is 15.5. The molecule has 0 saturated heterocycles. The van der Waals surface area contributed by atoms with Gasteiger partial charge in [0.2, 0.25) is 22.8 Å². The van der Waals surface area contributed by atoms with Crippen molar-refractivity contribution in [3.63, 3.8) is 0 Å². The first-order valence-corrected chi connectivity index (χ1v) is 23.9. The number of hydrogen-bond acceptors (Lipinski definition) is 12. The Hall–Kier alpha value is -6.08. The summed E-state index contributed by atoms with van der Waals surface area (Å²) in [6, 6.07) is 31.8. The Kier molecular flexibility index (Phi) is 8.99. The Balaban J connectivity index is 1.21. The number of quaternary nitrogens is 1. The van der Waals surface area contributed by atoms with Crippen LogP contribution in [0.15, 0.2) is 188 Å². The van der Waals surface area contributed by atoms with Gasteiger partial charge in [-0.15, -0.1) is 13.6 Å². The fourth-order valence-electron chi connectivity index (χ4n) is 10.2. The molecule has 0 radical (unpaired) electrons. The molecule has 7 aliphatic heterocycles. The zero-order valence-electron chi connectivity index (χ0n) is 32.9. The Bertz CT molecular complexity index is 3410. The van der Waals surface area contributed by atoms with Crippen LogP contribution >= 0.6 is 24.1 Å². The second kappa shape index (κ2) is 14.5. The van der Waals surface area contributed by atoms with Gasteiger partial charge >= 0.3 is 5.91 Å². The minimum Gasteiger partial charge on any atom is -0.282 e. The van der Waals surface area contributed by atoms with Crippen LogP contribution in [-0.4, -0.2) is 61.6 Å². The molecule has 0 atom stereocenters. The van der Waals surface area contributed by atoms with Gasteiger partial charge in [-0.1, -0.05) is 58.6 Å². The van der Waals surface area contributed by atoms with Crippen molar-refractivity contribution >= 4 is 78.0 Å². The molecule has 20 heteroatoms. The lowest BCUT2D eigenvalue weighted by Crippen LogP contribution is -3.22. The van der Waals surface area contributed by atoms with Gasteiger partial charge in [-0.2, -0.15) is 21.4 Å².